The Hall–Kier alpha value is -0.0400. The molecule has 1 aliphatic heterocycles. The molecule has 1 nitrogen and oxygen atoms in total. The van der Waals surface area contributed by atoms with Crippen LogP contribution in [0.1, 0.15) is 51.9 Å². The van der Waals surface area contributed by atoms with Gasteiger partial charge in [0.05, 0.1) is 0 Å². The minimum absolute atomic E-state index is 0.752. The zero-order chi connectivity index (χ0) is 10.0. The number of hydrogen-bond donors (Lipinski definition) is 0. The number of nitrogens with zero attached hydrogens (tertiary/aromatic N) is 1. The highest BCUT2D eigenvalue weighted by atomic mass is 15.1. The molecule has 0 N–H and O–H groups in total. The first-order valence-corrected chi connectivity index (χ1v) is 6.43. The zero-order valence-electron chi connectivity index (χ0n) is 9.89. The molecule has 2 aliphatic rings. The predicted molar refractivity (Wildman–Crippen MR) is 61.4 cm³/mol. The van der Waals surface area contributed by atoms with E-state index in [1.807, 2.05) is 0 Å². The van der Waals surface area contributed by atoms with Gasteiger partial charge in [0.1, 0.15) is 0 Å². The molecule has 0 spiro atoms. The van der Waals surface area contributed by atoms with E-state index in [9.17, 15) is 0 Å². The maximum atomic E-state index is 2.50. The minimum Gasteiger partial charge on any atom is -0.306 e. The van der Waals surface area contributed by atoms with E-state index in [0.29, 0.717) is 0 Å². The summed E-state index contributed by atoms with van der Waals surface area (Å²) in [6.07, 6.45) is 10.4. The van der Waals surface area contributed by atoms with Gasteiger partial charge in [0, 0.05) is 0 Å². The lowest BCUT2D eigenvalue weighted by molar-refractivity contribution is 0.0955. The Morgan fingerprint density at radius 1 is 1.21 bits per heavy atom. The fraction of sp³-hybridized carbons (Fsp3) is 1.00. The van der Waals surface area contributed by atoms with Crippen LogP contribution in [-0.4, -0.2) is 25.0 Å². The SMILES string of the molecule is CCCC1(CC2CC2)CCN(C)CC1. The lowest BCUT2D eigenvalue weighted by Gasteiger charge is -2.41. The number of likely N-dealkylation sites (tertiary alicyclic amines) is 1. The molecular weight excluding hydrogens is 170 g/mol. The Bertz CT molecular complexity index is 176. The maximum absolute atomic E-state index is 2.50. The third-order valence-electron chi connectivity index (χ3n) is 4.25. The number of hydrogen-bond acceptors (Lipinski definition) is 1. The molecule has 0 aromatic carbocycles. The molecule has 0 radical (unpaired) electrons. The van der Waals surface area contributed by atoms with Gasteiger partial charge in [-0.2, -0.15) is 0 Å². The van der Waals surface area contributed by atoms with Gasteiger partial charge in [0.25, 0.3) is 0 Å². The van der Waals surface area contributed by atoms with Gasteiger partial charge in [-0.1, -0.05) is 26.2 Å². The quantitative estimate of drug-likeness (QED) is 0.665. The van der Waals surface area contributed by atoms with Crippen LogP contribution < -0.4 is 0 Å². The third-order valence-corrected chi connectivity index (χ3v) is 4.25. The van der Waals surface area contributed by atoms with Crippen LogP contribution in [0.4, 0.5) is 0 Å². The molecule has 0 amide bonds. The van der Waals surface area contributed by atoms with Gasteiger partial charge in [-0.15, -0.1) is 0 Å². The average Bonchev–Trinajstić information content (AvgIpc) is 2.95. The van der Waals surface area contributed by atoms with E-state index in [2.05, 4.69) is 18.9 Å². The Balaban J connectivity index is 1.90. The highest BCUT2D eigenvalue weighted by Gasteiger charge is 2.37. The summed E-state index contributed by atoms with van der Waals surface area (Å²) in [6, 6.07) is 0. The van der Waals surface area contributed by atoms with Crippen LogP contribution in [0.15, 0.2) is 0 Å². The van der Waals surface area contributed by atoms with Crippen LogP contribution >= 0.6 is 0 Å². The lowest BCUT2D eigenvalue weighted by atomic mass is 9.71. The molecule has 0 bridgehead atoms. The van der Waals surface area contributed by atoms with Crippen LogP contribution in [0.2, 0.25) is 0 Å². The fourth-order valence-corrected chi connectivity index (χ4v) is 3.11. The van der Waals surface area contributed by atoms with Crippen molar-refractivity contribution in [2.45, 2.75) is 51.9 Å². The van der Waals surface area contributed by atoms with Crippen LogP contribution in [0.5, 0.6) is 0 Å². The largest absolute Gasteiger partial charge is 0.306 e. The maximum Gasteiger partial charge on any atom is -0.00165 e. The highest BCUT2D eigenvalue weighted by molar-refractivity contribution is 4.90. The monoisotopic (exact) mass is 195 g/mol. The van der Waals surface area contributed by atoms with Gasteiger partial charge in [0.15, 0.2) is 0 Å². The smallest absolute Gasteiger partial charge is 0.00165 e. The Morgan fingerprint density at radius 3 is 2.36 bits per heavy atom. The molecule has 0 aromatic rings. The first kappa shape index (κ1) is 10.5. The molecule has 1 saturated carbocycles. The summed E-state index contributed by atoms with van der Waals surface area (Å²) in [5.41, 5.74) is 0.752. The summed E-state index contributed by atoms with van der Waals surface area (Å²) >= 11 is 0. The van der Waals surface area contributed by atoms with Crippen molar-refractivity contribution in [1.29, 1.82) is 0 Å². The minimum atomic E-state index is 0.752. The van der Waals surface area contributed by atoms with Crippen molar-refractivity contribution in [2.75, 3.05) is 20.1 Å². The van der Waals surface area contributed by atoms with Gasteiger partial charge in [-0.25, -0.2) is 0 Å². The van der Waals surface area contributed by atoms with Crippen molar-refractivity contribution in [1.82, 2.24) is 4.90 Å². The van der Waals surface area contributed by atoms with E-state index in [4.69, 9.17) is 0 Å². The van der Waals surface area contributed by atoms with Crippen LogP contribution in [0.25, 0.3) is 0 Å². The molecule has 1 heterocycles. The Labute approximate surface area is 88.9 Å². The molecule has 0 unspecified atom stereocenters. The van der Waals surface area contributed by atoms with Crippen molar-refractivity contribution in [3.05, 3.63) is 0 Å². The predicted octanol–water partition coefficient (Wildman–Crippen LogP) is 3.30. The summed E-state index contributed by atoms with van der Waals surface area (Å²) in [5.74, 6) is 1.12. The molecular formula is C13H25N. The number of rotatable bonds is 4. The Kier molecular flexibility index (Phi) is 3.16. The van der Waals surface area contributed by atoms with Gasteiger partial charge in [0.2, 0.25) is 0 Å². The highest BCUT2D eigenvalue weighted by Crippen LogP contribution is 2.47. The van der Waals surface area contributed by atoms with Gasteiger partial charge in [-0.05, 0) is 57.2 Å². The van der Waals surface area contributed by atoms with Crippen molar-refractivity contribution in [3.8, 4) is 0 Å². The zero-order valence-corrected chi connectivity index (χ0v) is 9.89. The van der Waals surface area contributed by atoms with Crippen LogP contribution in [0, 0.1) is 11.3 Å². The summed E-state index contributed by atoms with van der Waals surface area (Å²) < 4.78 is 0. The van der Waals surface area contributed by atoms with Gasteiger partial charge >= 0.3 is 0 Å². The van der Waals surface area contributed by atoms with Crippen molar-refractivity contribution < 1.29 is 0 Å². The van der Waals surface area contributed by atoms with E-state index >= 15 is 0 Å². The average molecular weight is 195 g/mol. The second-order valence-corrected chi connectivity index (χ2v) is 5.70. The van der Waals surface area contributed by atoms with Crippen LogP contribution in [0.3, 0.4) is 0 Å². The molecule has 0 atom stereocenters. The van der Waals surface area contributed by atoms with Gasteiger partial charge in [-0.3, -0.25) is 0 Å². The lowest BCUT2D eigenvalue weighted by Crippen LogP contribution is -2.38. The second-order valence-electron chi connectivity index (χ2n) is 5.70. The van der Waals surface area contributed by atoms with E-state index in [1.54, 1.807) is 6.42 Å². The molecule has 1 saturated heterocycles. The molecule has 2 fully saturated rings. The molecule has 0 aromatic heterocycles. The fourth-order valence-electron chi connectivity index (χ4n) is 3.11. The van der Waals surface area contributed by atoms with E-state index in [0.717, 1.165) is 11.3 Å². The first-order valence-electron chi connectivity index (χ1n) is 6.43. The van der Waals surface area contributed by atoms with E-state index < -0.39 is 0 Å². The Morgan fingerprint density at radius 2 is 1.86 bits per heavy atom. The summed E-state index contributed by atoms with van der Waals surface area (Å²) in [5, 5.41) is 0. The van der Waals surface area contributed by atoms with Gasteiger partial charge < -0.3 is 4.90 Å². The van der Waals surface area contributed by atoms with E-state index in [-0.39, 0.29) is 0 Å². The summed E-state index contributed by atoms with van der Waals surface area (Å²) in [4.78, 5) is 2.50. The second kappa shape index (κ2) is 4.22. The summed E-state index contributed by atoms with van der Waals surface area (Å²) in [7, 11) is 2.27. The molecule has 14 heavy (non-hydrogen) atoms. The third kappa shape index (κ3) is 2.50. The van der Waals surface area contributed by atoms with Crippen LogP contribution in [-0.2, 0) is 0 Å². The topological polar surface area (TPSA) is 3.24 Å². The molecule has 1 aliphatic carbocycles. The summed E-state index contributed by atoms with van der Waals surface area (Å²) in [6.45, 7) is 5.03. The molecule has 1 heteroatoms. The molecule has 82 valence electrons. The van der Waals surface area contributed by atoms with E-state index in [1.165, 1.54) is 51.6 Å². The molecule has 2 rings (SSSR count). The first-order chi connectivity index (χ1) is 6.74. The van der Waals surface area contributed by atoms with Crippen molar-refractivity contribution in [3.63, 3.8) is 0 Å². The number of piperidine rings is 1. The standard InChI is InChI=1S/C13H25N/c1-3-6-13(11-12-4-5-12)7-9-14(2)10-8-13/h12H,3-11H2,1-2H3. The van der Waals surface area contributed by atoms with Crippen molar-refractivity contribution in [2.24, 2.45) is 11.3 Å². The van der Waals surface area contributed by atoms with Crippen molar-refractivity contribution >= 4 is 0 Å². The normalized spacial score (nSPS) is 27.9.